The van der Waals surface area contributed by atoms with Crippen molar-refractivity contribution in [3.05, 3.63) is 33.8 Å². The van der Waals surface area contributed by atoms with E-state index in [4.69, 9.17) is 23.2 Å². The molecule has 20 heavy (non-hydrogen) atoms. The molecule has 1 aliphatic carbocycles. The number of halogens is 2. The van der Waals surface area contributed by atoms with E-state index in [1.807, 2.05) is 18.2 Å². The summed E-state index contributed by atoms with van der Waals surface area (Å²) in [7, 11) is 0. The topological polar surface area (TPSA) is 12.0 Å². The van der Waals surface area contributed by atoms with Gasteiger partial charge in [-0.1, -0.05) is 57.0 Å². The molecule has 0 spiro atoms. The van der Waals surface area contributed by atoms with Crippen molar-refractivity contribution in [2.75, 3.05) is 0 Å². The summed E-state index contributed by atoms with van der Waals surface area (Å²) in [5.74, 6) is 0. The lowest BCUT2D eigenvalue weighted by Gasteiger charge is -2.45. The minimum absolute atomic E-state index is 0.406. The molecule has 1 fully saturated rings. The van der Waals surface area contributed by atoms with Crippen molar-refractivity contribution in [1.82, 2.24) is 5.32 Å². The average molecular weight is 314 g/mol. The third-order valence-electron chi connectivity index (χ3n) is 4.15. The highest BCUT2D eigenvalue weighted by Gasteiger charge is 2.38. The second-order valence-electron chi connectivity index (χ2n) is 7.73. The fourth-order valence-electron chi connectivity index (χ4n) is 3.91. The van der Waals surface area contributed by atoms with E-state index < -0.39 is 0 Å². The molecule has 0 aromatic heterocycles. The van der Waals surface area contributed by atoms with Crippen LogP contribution in [0.15, 0.2) is 18.2 Å². The van der Waals surface area contributed by atoms with Crippen LogP contribution in [0.25, 0.3) is 0 Å². The van der Waals surface area contributed by atoms with Crippen LogP contribution in [0.1, 0.15) is 52.5 Å². The van der Waals surface area contributed by atoms with Gasteiger partial charge >= 0.3 is 0 Å². The first-order valence-corrected chi connectivity index (χ1v) is 8.10. The highest BCUT2D eigenvalue weighted by atomic mass is 35.5. The van der Waals surface area contributed by atoms with E-state index >= 15 is 0 Å². The summed E-state index contributed by atoms with van der Waals surface area (Å²) in [5, 5.41) is 5.12. The van der Waals surface area contributed by atoms with Crippen LogP contribution in [0.2, 0.25) is 10.0 Å². The minimum atomic E-state index is 0.406. The zero-order valence-corrected chi connectivity index (χ0v) is 14.4. The van der Waals surface area contributed by atoms with Crippen molar-refractivity contribution in [3.63, 3.8) is 0 Å². The summed E-state index contributed by atoms with van der Waals surface area (Å²) >= 11 is 12.2. The fraction of sp³-hybridized carbons (Fsp3) is 0.647. The summed E-state index contributed by atoms with van der Waals surface area (Å²) in [6, 6.07) is 6.28. The van der Waals surface area contributed by atoms with E-state index in [9.17, 15) is 0 Å². The largest absolute Gasteiger partial charge is 0.310 e. The van der Waals surface area contributed by atoms with Crippen LogP contribution < -0.4 is 5.32 Å². The van der Waals surface area contributed by atoms with Crippen LogP contribution in [0, 0.1) is 10.8 Å². The van der Waals surface area contributed by atoms with E-state index in [0.29, 0.717) is 21.9 Å². The zero-order chi connectivity index (χ0) is 15.0. The number of hydrogen-bond donors (Lipinski definition) is 1. The molecule has 1 aromatic rings. The number of nitrogens with one attached hydrogen (secondary N) is 1. The highest BCUT2D eigenvalue weighted by Crippen LogP contribution is 2.45. The molecule has 0 radical (unpaired) electrons. The Bertz CT molecular complexity index is 464. The van der Waals surface area contributed by atoms with E-state index in [0.717, 1.165) is 17.1 Å². The molecule has 1 aromatic carbocycles. The van der Waals surface area contributed by atoms with E-state index in [1.165, 1.54) is 19.3 Å². The van der Waals surface area contributed by atoms with E-state index in [-0.39, 0.29) is 0 Å². The summed E-state index contributed by atoms with van der Waals surface area (Å²) in [5.41, 5.74) is 1.93. The molecule has 0 unspecified atom stereocenters. The summed E-state index contributed by atoms with van der Waals surface area (Å²) in [4.78, 5) is 0. The van der Waals surface area contributed by atoms with Gasteiger partial charge in [0, 0.05) is 22.6 Å². The molecule has 112 valence electrons. The van der Waals surface area contributed by atoms with Crippen LogP contribution in [0.4, 0.5) is 0 Å². The van der Waals surface area contributed by atoms with Gasteiger partial charge in [0.25, 0.3) is 0 Å². The van der Waals surface area contributed by atoms with Gasteiger partial charge in [-0.3, -0.25) is 0 Å². The first kappa shape index (κ1) is 16.1. The van der Waals surface area contributed by atoms with Gasteiger partial charge < -0.3 is 5.32 Å². The monoisotopic (exact) mass is 313 g/mol. The van der Waals surface area contributed by atoms with Gasteiger partial charge in [0.2, 0.25) is 0 Å². The van der Waals surface area contributed by atoms with Gasteiger partial charge in [0.05, 0.1) is 0 Å². The van der Waals surface area contributed by atoms with Crippen molar-refractivity contribution in [2.45, 2.75) is 59.5 Å². The van der Waals surface area contributed by atoms with Crippen LogP contribution in [-0.4, -0.2) is 6.04 Å². The maximum atomic E-state index is 6.23. The average Bonchev–Trinajstić information content (AvgIpc) is 2.23. The van der Waals surface area contributed by atoms with Crippen molar-refractivity contribution in [2.24, 2.45) is 10.8 Å². The second-order valence-corrected chi connectivity index (χ2v) is 8.57. The maximum Gasteiger partial charge on any atom is 0.0465 e. The number of rotatable bonds is 3. The Balaban J connectivity index is 2.00. The van der Waals surface area contributed by atoms with E-state index in [2.05, 4.69) is 33.0 Å². The molecule has 1 nitrogen and oxygen atoms in total. The lowest BCUT2D eigenvalue weighted by molar-refractivity contribution is 0.0845. The van der Waals surface area contributed by atoms with Crippen LogP contribution in [0.3, 0.4) is 0 Å². The SMILES string of the molecule is CC1(C)CC(NCc2ccc(Cl)cc2Cl)CC(C)(C)C1. The lowest BCUT2D eigenvalue weighted by Crippen LogP contribution is -2.43. The Labute approximate surface area is 133 Å². The molecule has 0 heterocycles. The quantitative estimate of drug-likeness (QED) is 0.756. The van der Waals surface area contributed by atoms with Crippen LogP contribution in [-0.2, 0) is 6.54 Å². The Kier molecular flexibility index (Phi) is 4.73. The summed E-state index contributed by atoms with van der Waals surface area (Å²) in [6.45, 7) is 10.3. The normalized spacial score (nSPS) is 21.9. The van der Waals surface area contributed by atoms with Crippen molar-refractivity contribution in [3.8, 4) is 0 Å². The Morgan fingerprint density at radius 1 is 1.10 bits per heavy atom. The predicted molar refractivity (Wildman–Crippen MR) is 88.5 cm³/mol. The summed E-state index contributed by atoms with van der Waals surface area (Å²) < 4.78 is 0. The van der Waals surface area contributed by atoms with Gasteiger partial charge in [-0.05, 0) is 47.8 Å². The standard InChI is InChI=1S/C17H25Cl2N/c1-16(2)8-14(9-17(3,4)11-16)20-10-12-5-6-13(18)7-15(12)19/h5-7,14,20H,8-11H2,1-4H3. The van der Waals surface area contributed by atoms with Gasteiger partial charge in [-0.15, -0.1) is 0 Å². The molecule has 0 bridgehead atoms. The molecule has 0 atom stereocenters. The van der Waals surface area contributed by atoms with Gasteiger partial charge in [-0.2, -0.15) is 0 Å². The molecule has 2 rings (SSSR count). The Morgan fingerprint density at radius 2 is 1.70 bits per heavy atom. The fourth-order valence-corrected chi connectivity index (χ4v) is 4.39. The van der Waals surface area contributed by atoms with E-state index in [1.54, 1.807) is 0 Å². The third-order valence-corrected chi connectivity index (χ3v) is 4.74. The molecular weight excluding hydrogens is 289 g/mol. The second kappa shape index (κ2) is 5.87. The Morgan fingerprint density at radius 3 is 2.25 bits per heavy atom. The van der Waals surface area contributed by atoms with Gasteiger partial charge in [0.15, 0.2) is 0 Å². The van der Waals surface area contributed by atoms with Crippen LogP contribution >= 0.6 is 23.2 Å². The number of hydrogen-bond acceptors (Lipinski definition) is 1. The maximum absolute atomic E-state index is 6.23. The van der Waals surface area contributed by atoms with Gasteiger partial charge in [0.1, 0.15) is 0 Å². The predicted octanol–water partition coefficient (Wildman–Crippen LogP) is 5.69. The van der Waals surface area contributed by atoms with Gasteiger partial charge in [-0.25, -0.2) is 0 Å². The molecule has 1 aliphatic rings. The zero-order valence-electron chi connectivity index (χ0n) is 12.9. The highest BCUT2D eigenvalue weighted by molar-refractivity contribution is 6.35. The lowest BCUT2D eigenvalue weighted by atomic mass is 9.63. The minimum Gasteiger partial charge on any atom is -0.310 e. The smallest absolute Gasteiger partial charge is 0.0465 e. The number of benzene rings is 1. The third kappa shape index (κ3) is 4.38. The molecular formula is C17H25Cl2N. The molecule has 1 saturated carbocycles. The molecule has 3 heteroatoms. The molecule has 0 aliphatic heterocycles. The van der Waals surface area contributed by atoms with Crippen molar-refractivity contribution in [1.29, 1.82) is 0 Å². The van der Waals surface area contributed by atoms with Crippen molar-refractivity contribution < 1.29 is 0 Å². The molecule has 0 amide bonds. The summed E-state index contributed by atoms with van der Waals surface area (Å²) in [6.07, 6.45) is 3.74. The Hall–Kier alpha value is -0.240. The first-order chi connectivity index (χ1) is 9.17. The molecule has 1 N–H and O–H groups in total. The molecule has 0 saturated heterocycles. The first-order valence-electron chi connectivity index (χ1n) is 7.34. The van der Waals surface area contributed by atoms with Crippen molar-refractivity contribution >= 4 is 23.2 Å². The van der Waals surface area contributed by atoms with Crippen LogP contribution in [0.5, 0.6) is 0 Å².